The highest BCUT2D eigenvalue weighted by Gasteiger charge is 2.21. The lowest BCUT2D eigenvalue weighted by molar-refractivity contribution is -0.0298. The van der Waals surface area contributed by atoms with Crippen molar-refractivity contribution in [1.29, 1.82) is 0 Å². The first-order valence-electron chi connectivity index (χ1n) is 7.75. The highest BCUT2D eigenvalue weighted by Crippen LogP contribution is 2.29. The second-order valence-electron chi connectivity index (χ2n) is 5.62. The second kappa shape index (κ2) is 6.60. The second-order valence-corrected chi connectivity index (χ2v) is 6.59. The average Bonchev–Trinajstić information content (AvgIpc) is 2.99. The fourth-order valence-electron chi connectivity index (χ4n) is 2.83. The number of rotatable bonds is 3. The Bertz CT molecular complexity index is 878. The Hall–Kier alpha value is -1.81. The Morgan fingerprint density at radius 2 is 2.21 bits per heavy atom. The Labute approximate surface area is 151 Å². The van der Waals surface area contributed by atoms with Crippen molar-refractivity contribution in [2.24, 2.45) is 0 Å². The summed E-state index contributed by atoms with van der Waals surface area (Å²) >= 11 is 2.07. The van der Waals surface area contributed by atoms with Crippen LogP contribution in [0.3, 0.4) is 0 Å². The monoisotopic (exact) mass is 439 g/mol. The van der Waals surface area contributed by atoms with E-state index >= 15 is 0 Å². The normalized spacial score (nSPS) is 18.0. The highest BCUT2D eigenvalue weighted by atomic mass is 127. The van der Waals surface area contributed by atoms with Crippen LogP contribution in [0.25, 0.3) is 11.2 Å². The average molecular weight is 439 g/mol. The maximum atomic E-state index is 13.4. The van der Waals surface area contributed by atoms with Gasteiger partial charge in [0.05, 0.1) is 6.33 Å². The van der Waals surface area contributed by atoms with Crippen molar-refractivity contribution in [2.45, 2.75) is 25.5 Å². The third-order valence-corrected chi connectivity index (χ3v) is 4.43. The van der Waals surface area contributed by atoms with Gasteiger partial charge in [0.15, 0.2) is 20.8 Å². The number of ether oxygens (including phenoxy) is 1. The van der Waals surface area contributed by atoms with Crippen LogP contribution in [0.15, 0.2) is 30.6 Å². The van der Waals surface area contributed by atoms with Crippen LogP contribution in [0.1, 0.15) is 25.5 Å². The maximum absolute atomic E-state index is 13.4. The van der Waals surface area contributed by atoms with Gasteiger partial charge in [0.25, 0.3) is 0 Å². The van der Waals surface area contributed by atoms with Gasteiger partial charge in [-0.1, -0.05) is 6.07 Å². The van der Waals surface area contributed by atoms with E-state index in [1.54, 1.807) is 18.5 Å². The molecule has 3 aromatic rings. The molecular formula is C16H15FIN5O. The maximum Gasteiger partial charge on any atom is 0.194 e. The number of imidazole rings is 1. The van der Waals surface area contributed by atoms with E-state index in [-0.39, 0.29) is 12.0 Å². The van der Waals surface area contributed by atoms with Crippen molar-refractivity contribution >= 4 is 45.3 Å². The van der Waals surface area contributed by atoms with Crippen molar-refractivity contribution in [3.05, 3.63) is 40.2 Å². The van der Waals surface area contributed by atoms with Gasteiger partial charge < -0.3 is 10.1 Å². The van der Waals surface area contributed by atoms with Crippen molar-refractivity contribution in [1.82, 2.24) is 19.5 Å². The topological polar surface area (TPSA) is 64.9 Å². The molecule has 124 valence electrons. The Balaban J connectivity index is 1.74. The molecule has 0 aliphatic carbocycles. The Morgan fingerprint density at radius 1 is 1.29 bits per heavy atom. The molecule has 1 aliphatic rings. The van der Waals surface area contributed by atoms with Crippen LogP contribution in [0.2, 0.25) is 0 Å². The van der Waals surface area contributed by atoms with Crippen LogP contribution in [-0.4, -0.2) is 26.1 Å². The number of hydrogen-bond acceptors (Lipinski definition) is 5. The first-order valence-corrected chi connectivity index (χ1v) is 8.83. The Morgan fingerprint density at radius 3 is 3.00 bits per heavy atom. The van der Waals surface area contributed by atoms with Crippen molar-refractivity contribution in [2.75, 3.05) is 11.9 Å². The summed E-state index contributed by atoms with van der Waals surface area (Å²) in [5.41, 5.74) is 1.99. The van der Waals surface area contributed by atoms with Crippen LogP contribution in [-0.2, 0) is 4.74 Å². The molecular weight excluding hydrogens is 424 g/mol. The van der Waals surface area contributed by atoms with Crippen LogP contribution in [0.4, 0.5) is 15.9 Å². The summed E-state index contributed by atoms with van der Waals surface area (Å²) in [6.45, 7) is 0.751. The van der Waals surface area contributed by atoms with Gasteiger partial charge >= 0.3 is 0 Å². The number of anilines is 2. The van der Waals surface area contributed by atoms with Crippen molar-refractivity contribution in [3.8, 4) is 0 Å². The van der Waals surface area contributed by atoms with Gasteiger partial charge in [-0.2, -0.15) is 0 Å². The minimum atomic E-state index is -0.305. The van der Waals surface area contributed by atoms with Gasteiger partial charge in [-0.05, 0) is 37.5 Å². The summed E-state index contributed by atoms with van der Waals surface area (Å²) in [7, 11) is 0. The highest BCUT2D eigenvalue weighted by molar-refractivity contribution is 14.1. The summed E-state index contributed by atoms with van der Waals surface area (Å²) in [4.78, 5) is 13.4. The van der Waals surface area contributed by atoms with Gasteiger partial charge in [-0.3, -0.25) is 4.57 Å². The predicted octanol–water partition coefficient (Wildman–Crippen LogP) is 4.01. The number of nitrogens with one attached hydrogen (secondary N) is 1. The molecule has 4 rings (SSSR count). The molecule has 1 saturated heterocycles. The first kappa shape index (κ1) is 15.7. The molecule has 1 unspecified atom stereocenters. The van der Waals surface area contributed by atoms with E-state index in [0.717, 1.165) is 31.5 Å². The molecule has 8 heteroatoms. The zero-order valence-electron chi connectivity index (χ0n) is 12.7. The molecule has 2 aromatic heterocycles. The molecule has 0 amide bonds. The Kier molecular flexibility index (Phi) is 4.31. The number of nitrogens with zero attached hydrogens (tertiary/aromatic N) is 4. The molecule has 1 aromatic carbocycles. The van der Waals surface area contributed by atoms with Gasteiger partial charge in [-0.15, -0.1) is 0 Å². The molecule has 1 fully saturated rings. The van der Waals surface area contributed by atoms with Crippen LogP contribution in [0, 0.1) is 9.65 Å². The fourth-order valence-corrected chi connectivity index (χ4v) is 3.30. The van der Waals surface area contributed by atoms with E-state index in [9.17, 15) is 4.39 Å². The predicted molar refractivity (Wildman–Crippen MR) is 96.6 cm³/mol. The molecule has 1 N–H and O–H groups in total. The van der Waals surface area contributed by atoms with E-state index in [1.165, 1.54) is 12.1 Å². The minimum absolute atomic E-state index is 0.0449. The quantitative estimate of drug-likeness (QED) is 0.494. The molecule has 24 heavy (non-hydrogen) atoms. The molecule has 0 spiro atoms. The molecule has 0 bridgehead atoms. The first-order chi connectivity index (χ1) is 11.7. The summed E-state index contributed by atoms with van der Waals surface area (Å²) in [6, 6.07) is 6.25. The van der Waals surface area contributed by atoms with Gasteiger partial charge in [0, 0.05) is 34.9 Å². The molecule has 1 aliphatic heterocycles. The number of hydrogen-bond donors (Lipinski definition) is 1. The van der Waals surface area contributed by atoms with Crippen LogP contribution in [0.5, 0.6) is 0 Å². The smallest absolute Gasteiger partial charge is 0.194 e. The number of halogens is 2. The van der Waals surface area contributed by atoms with Gasteiger partial charge in [0.1, 0.15) is 12.0 Å². The van der Waals surface area contributed by atoms with Crippen LogP contribution >= 0.6 is 22.6 Å². The SMILES string of the molecule is Fc1cccc(Nc2nc(I)nc3c2ncn3C2CCCCO2)c1. The molecule has 0 radical (unpaired) electrons. The van der Waals surface area contributed by atoms with E-state index in [4.69, 9.17) is 4.74 Å². The molecule has 6 nitrogen and oxygen atoms in total. The van der Waals surface area contributed by atoms with Crippen molar-refractivity contribution in [3.63, 3.8) is 0 Å². The molecule has 3 heterocycles. The van der Waals surface area contributed by atoms with E-state index in [1.807, 2.05) is 4.57 Å². The van der Waals surface area contributed by atoms with E-state index in [0.29, 0.717) is 20.9 Å². The standard InChI is InChI=1S/C16H15FIN5O/c17-10-4-3-5-11(8-10)20-14-13-15(22-16(18)21-14)23(9-19-13)12-6-1-2-7-24-12/h3-5,8-9,12H,1-2,6-7H2,(H,20,21,22). The minimum Gasteiger partial charge on any atom is -0.358 e. The lowest BCUT2D eigenvalue weighted by Gasteiger charge is -2.23. The van der Waals surface area contributed by atoms with Crippen molar-refractivity contribution < 1.29 is 9.13 Å². The third kappa shape index (κ3) is 3.07. The van der Waals surface area contributed by atoms with Gasteiger partial charge in [0.2, 0.25) is 0 Å². The number of aromatic nitrogens is 4. The number of fused-ring (bicyclic) bond motifs is 1. The zero-order chi connectivity index (χ0) is 16.5. The van der Waals surface area contributed by atoms with Crippen LogP contribution < -0.4 is 5.32 Å². The lowest BCUT2D eigenvalue weighted by Crippen LogP contribution is -2.18. The summed E-state index contributed by atoms with van der Waals surface area (Å²) in [5.74, 6) is 0.255. The molecule has 1 atom stereocenters. The lowest BCUT2D eigenvalue weighted by atomic mass is 10.2. The third-order valence-electron chi connectivity index (χ3n) is 3.95. The van der Waals surface area contributed by atoms with Gasteiger partial charge in [-0.25, -0.2) is 19.3 Å². The summed E-state index contributed by atoms with van der Waals surface area (Å²) < 4.78 is 21.8. The molecule has 0 saturated carbocycles. The summed E-state index contributed by atoms with van der Waals surface area (Å²) in [6.07, 6.45) is 4.85. The van der Waals surface area contributed by atoms with E-state index in [2.05, 4.69) is 42.9 Å². The van der Waals surface area contributed by atoms with E-state index < -0.39 is 0 Å². The largest absolute Gasteiger partial charge is 0.358 e. The zero-order valence-corrected chi connectivity index (χ0v) is 14.9. The fraction of sp³-hybridized carbons (Fsp3) is 0.312. The number of benzene rings is 1. The summed E-state index contributed by atoms with van der Waals surface area (Å²) in [5, 5.41) is 3.13.